The van der Waals surface area contributed by atoms with Crippen molar-refractivity contribution in [1.82, 2.24) is 19.7 Å². The second-order valence-corrected chi connectivity index (χ2v) is 8.80. The lowest BCUT2D eigenvalue weighted by Gasteiger charge is -2.14. The lowest BCUT2D eigenvalue weighted by molar-refractivity contribution is -0.137. The second-order valence-electron chi connectivity index (χ2n) is 8.80. The third-order valence-electron chi connectivity index (χ3n) is 5.93. The summed E-state index contributed by atoms with van der Waals surface area (Å²) in [7, 11) is 0. The van der Waals surface area contributed by atoms with Crippen molar-refractivity contribution in [3.8, 4) is 5.82 Å². The fourth-order valence-electron chi connectivity index (χ4n) is 3.93. The molecule has 2 aromatic carbocycles. The predicted molar refractivity (Wildman–Crippen MR) is 135 cm³/mol. The Hall–Kier alpha value is -4.05. The largest absolute Gasteiger partial charge is 0.416 e. The van der Waals surface area contributed by atoms with Gasteiger partial charge in [0.2, 0.25) is 0 Å². The van der Waals surface area contributed by atoms with Gasteiger partial charge in [0, 0.05) is 42.0 Å². The topological polar surface area (TPSA) is 98.7 Å². The number of carbonyl (C=O) groups excluding carboxylic acids is 1. The maximum atomic E-state index is 13.3. The first kappa shape index (κ1) is 26.0. The molecule has 0 aliphatic carbocycles. The number of hydrogen-bond donors (Lipinski definition) is 2. The van der Waals surface area contributed by atoms with E-state index in [9.17, 15) is 18.0 Å². The zero-order chi connectivity index (χ0) is 26.7. The smallest absolute Gasteiger partial charge is 0.340 e. The fraction of sp³-hybridized carbons (Fsp3) is 0.259. The first-order valence-electron chi connectivity index (χ1n) is 11.8. The van der Waals surface area contributed by atoms with Crippen LogP contribution in [0.2, 0.25) is 0 Å². The van der Waals surface area contributed by atoms with E-state index in [1.165, 1.54) is 12.4 Å². The number of rotatable bonds is 8. The number of aromatic nitrogens is 4. The zero-order valence-corrected chi connectivity index (χ0v) is 20.7. The fourth-order valence-corrected chi connectivity index (χ4v) is 3.93. The van der Waals surface area contributed by atoms with Gasteiger partial charge in [-0.15, -0.1) is 0 Å². The summed E-state index contributed by atoms with van der Waals surface area (Å²) in [6.45, 7) is 5.70. The van der Waals surface area contributed by atoms with Gasteiger partial charge >= 0.3 is 6.18 Å². The summed E-state index contributed by atoms with van der Waals surface area (Å²) in [6, 6.07) is 12.5. The molecule has 4 rings (SSSR count). The van der Waals surface area contributed by atoms with Gasteiger partial charge in [-0.3, -0.25) is 4.79 Å². The third kappa shape index (κ3) is 6.03. The molecule has 0 saturated heterocycles. The number of carbonyl (C=O) groups is 1. The van der Waals surface area contributed by atoms with Crippen molar-refractivity contribution < 1.29 is 18.0 Å². The van der Waals surface area contributed by atoms with Crippen LogP contribution in [0.1, 0.15) is 50.9 Å². The lowest BCUT2D eigenvalue weighted by Crippen LogP contribution is -2.12. The Balaban J connectivity index is 1.61. The summed E-state index contributed by atoms with van der Waals surface area (Å²) in [4.78, 5) is 21.5. The number of aryl methyl sites for hydroxylation is 3. The van der Waals surface area contributed by atoms with Gasteiger partial charge in [-0.1, -0.05) is 19.1 Å². The molecule has 0 fully saturated rings. The van der Waals surface area contributed by atoms with E-state index in [1.54, 1.807) is 10.7 Å². The summed E-state index contributed by atoms with van der Waals surface area (Å²) in [5, 5.41) is 7.91. The van der Waals surface area contributed by atoms with Crippen LogP contribution in [-0.4, -0.2) is 25.5 Å². The molecule has 192 valence electrons. The number of nitrogens with zero attached hydrogens (tertiary/aromatic N) is 4. The number of anilines is 2. The van der Waals surface area contributed by atoms with Gasteiger partial charge in [-0.05, 0) is 61.2 Å². The Morgan fingerprint density at radius 3 is 2.51 bits per heavy atom. The lowest BCUT2D eigenvalue weighted by atomic mass is 9.97. The monoisotopic (exact) mass is 508 g/mol. The third-order valence-corrected chi connectivity index (χ3v) is 5.93. The van der Waals surface area contributed by atoms with Crippen molar-refractivity contribution in [2.45, 2.75) is 46.3 Å². The highest BCUT2D eigenvalue weighted by atomic mass is 19.4. The minimum atomic E-state index is -4.57. The maximum absolute atomic E-state index is 13.3. The second kappa shape index (κ2) is 10.5. The van der Waals surface area contributed by atoms with E-state index in [-0.39, 0.29) is 24.1 Å². The molecule has 2 heterocycles. The molecule has 7 nitrogen and oxygen atoms in total. The average molecular weight is 509 g/mol. The first-order chi connectivity index (χ1) is 17.6. The summed E-state index contributed by atoms with van der Waals surface area (Å²) in [5.41, 5.74) is 8.89. The molecular weight excluding hydrogens is 481 g/mol. The van der Waals surface area contributed by atoms with Crippen molar-refractivity contribution in [3.05, 3.63) is 94.1 Å². The molecule has 3 N–H and O–H groups in total. The van der Waals surface area contributed by atoms with E-state index in [1.807, 2.05) is 45.0 Å². The minimum absolute atomic E-state index is 0.0189. The summed E-state index contributed by atoms with van der Waals surface area (Å²) in [5.74, 6) is 0.867. The van der Waals surface area contributed by atoms with E-state index in [2.05, 4.69) is 20.4 Å². The number of hydrogen-bond acceptors (Lipinski definition) is 6. The standard InChI is InChI=1S/C27H27F3N6O/c1-4-22-13-25(33-15-32-22)36-26(7-17(3)35-36)34-23-10-18(6-5-16(23)2)11-24(37)20-8-19(14-31)9-21(12-20)27(28,29)30/h5-10,12-13,15,34H,4,11,14,31H2,1-3H3. The molecule has 0 radical (unpaired) electrons. The van der Waals surface area contributed by atoms with Crippen molar-refractivity contribution in [1.29, 1.82) is 0 Å². The van der Waals surface area contributed by atoms with Gasteiger partial charge in [-0.2, -0.15) is 23.0 Å². The first-order valence-corrected chi connectivity index (χ1v) is 11.8. The van der Waals surface area contributed by atoms with Crippen LogP contribution < -0.4 is 11.1 Å². The number of nitrogens with two attached hydrogens (primary N) is 1. The van der Waals surface area contributed by atoms with Crippen molar-refractivity contribution in [2.75, 3.05) is 5.32 Å². The molecule has 0 aliphatic rings. The SMILES string of the molecule is CCc1cc(-n2nc(C)cc2Nc2cc(CC(=O)c3cc(CN)cc(C(F)(F)F)c3)ccc2C)ncn1. The molecule has 0 amide bonds. The summed E-state index contributed by atoms with van der Waals surface area (Å²) >= 11 is 0. The van der Waals surface area contributed by atoms with Crippen molar-refractivity contribution in [2.24, 2.45) is 5.73 Å². The van der Waals surface area contributed by atoms with Crippen LogP contribution in [0.3, 0.4) is 0 Å². The number of Topliss-reactive ketones (excluding diaryl/α,β-unsaturated/α-hetero) is 1. The van der Waals surface area contributed by atoms with Gasteiger partial charge in [0.1, 0.15) is 12.1 Å². The molecular formula is C27H27F3N6O. The number of benzene rings is 2. The Labute approximate surface area is 212 Å². The van der Waals surface area contributed by atoms with E-state index in [0.717, 1.165) is 41.2 Å². The summed E-state index contributed by atoms with van der Waals surface area (Å²) < 4.78 is 41.6. The van der Waals surface area contributed by atoms with E-state index >= 15 is 0 Å². The molecule has 0 bridgehead atoms. The molecule has 0 atom stereocenters. The normalized spacial score (nSPS) is 11.5. The Kier molecular flexibility index (Phi) is 7.40. The van der Waals surface area contributed by atoms with Crippen LogP contribution in [0.5, 0.6) is 0 Å². The van der Waals surface area contributed by atoms with Gasteiger partial charge in [0.25, 0.3) is 0 Å². The van der Waals surface area contributed by atoms with Gasteiger partial charge < -0.3 is 11.1 Å². The van der Waals surface area contributed by atoms with Crippen LogP contribution in [-0.2, 0) is 25.6 Å². The highest BCUT2D eigenvalue weighted by Gasteiger charge is 2.31. The number of nitrogens with one attached hydrogen (secondary N) is 1. The minimum Gasteiger partial charge on any atom is -0.340 e. The average Bonchev–Trinajstić information content (AvgIpc) is 3.25. The van der Waals surface area contributed by atoms with E-state index < -0.39 is 17.5 Å². The van der Waals surface area contributed by atoms with Crippen LogP contribution in [0, 0.1) is 13.8 Å². The molecule has 0 aliphatic heterocycles. The quantitative estimate of drug-likeness (QED) is 0.306. The highest BCUT2D eigenvalue weighted by Crippen LogP contribution is 2.31. The predicted octanol–water partition coefficient (Wildman–Crippen LogP) is 5.49. The number of halogens is 3. The molecule has 0 unspecified atom stereocenters. The zero-order valence-electron chi connectivity index (χ0n) is 20.7. The van der Waals surface area contributed by atoms with Crippen LogP contribution in [0.15, 0.2) is 54.9 Å². The number of alkyl halides is 3. The molecule has 2 aromatic heterocycles. The van der Waals surface area contributed by atoms with Gasteiger partial charge in [0.05, 0.1) is 11.3 Å². The maximum Gasteiger partial charge on any atom is 0.416 e. The van der Waals surface area contributed by atoms with Gasteiger partial charge in [0.15, 0.2) is 11.6 Å². The Morgan fingerprint density at radius 1 is 1.03 bits per heavy atom. The van der Waals surface area contributed by atoms with Crippen LogP contribution in [0.4, 0.5) is 24.7 Å². The molecule has 37 heavy (non-hydrogen) atoms. The Bertz CT molecular complexity index is 1440. The summed E-state index contributed by atoms with van der Waals surface area (Å²) in [6.07, 6.45) is -2.38. The molecule has 10 heteroatoms. The van der Waals surface area contributed by atoms with Crippen molar-refractivity contribution in [3.63, 3.8) is 0 Å². The Morgan fingerprint density at radius 2 is 1.81 bits per heavy atom. The van der Waals surface area contributed by atoms with Gasteiger partial charge in [-0.25, -0.2) is 9.97 Å². The van der Waals surface area contributed by atoms with E-state index in [4.69, 9.17) is 5.73 Å². The molecule has 0 spiro atoms. The highest BCUT2D eigenvalue weighted by molar-refractivity contribution is 5.98. The van der Waals surface area contributed by atoms with Crippen LogP contribution >= 0.6 is 0 Å². The molecule has 4 aromatic rings. The molecule has 0 saturated carbocycles. The van der Waals surface area contributed by atoms with Crippen LogP contribution in [0.25, 0.3) is 5.82 Å². The number of ketones is 1. The van der Waals surface area contributed by atoms with Crippen molar-refractivity contribution >= 4 is 17.3 Å². The van der Waals surface area contributed by atoms with E-state index in [0.29, 0.717) is 17.2 Å².